The summed E-state index contributed by atoms with van der Waals surface area (Å²) in [6.45, 7) is 0.341. The largest absolute Gasteiger partial charge is 0.480 e. The van der Waals surface area contributed by atoms with E-state index in [4.69, 9.17) is 11.5 Å². The first-order valence-electron chi connectivity index (χ1n) is 4.91. The fourth-order valence-electron chi connectivity index (χ4n) is 1.15. The highest BCUT2D eigenvalue weighted by Crippen LogP contribution is 1.94. The molecule has 0 spiro atoms. The van der Waals surface area contributed by atoms with Gasteiger partial charge in [-0.3, -0.25) is 9.48 Å². The molecular weight excluding hydrogens is 224 g/mol. The Bertz CT molecular complexity index is 421. The molecule has 0 fully saturated rings. The van der Waals surface area contributed by atoms with E-state index < -0.39 is 12.0 Å². The van der Waals surface area contributed by atoms with Crippen LogP contribution in [0.1, 0.15) is 12.8 Å². The molecule has 7 nitrogen and oxygen atoms in total. The number of terminal acetylenes is 1. The third-order valence-corrected chi connectivity index (χ3v) is 1.99. The van der Waals surface area contributed by atoms with Gasteiger partial charge in [-0.05, 0) is 0 Å². The highest BCUT2D eigenvalue weighted by atomic mass is 16.4. The van der Waals surface area contributed by atoms with Crippen LogP contribution in [0.3, 0.4) is 0 Å². The number of aryl methyl sites for hydroxylation is 1. The standard InChI is InChI=1S/C10H12N4O3/c1-2-3-8(10(16)17)13-9(15)4-5-14-7-11-6-12-14/h1,6-8H,3-5H2,(H,13,15)(H,16,17). The second-order valence-corrected chi connectivity index (χ2v) is 3.28. The highest BCUT2D eigenvalue weighted by Gasteiger charge is 2.18. The fourth-order valence-corrected chi connectivity index (χ4v) is 1.15. The van der Waals surface area contributed by atoms with Crippen molar-refractivity contribution in [2.24, 2.45) is 0 Å². The first-order chi connectivity index (χ1) is 8.13. The summed E-state index contributed by atoms with van der Waals surface area (Å²) in [5, 5.41) is 14.9. The lowest BCUT2D eigenvalue weighted by molar-refractivity contribution is -0.141. The van der Waals surface area contributed by atoms with Crippen LogP contribution in [-0.2, 0) is 16.1 Å². The van der Waals surface area contributed by atoms with Gasteiger partial charge in [-0.25, -0.2) is 9.78 Å². The van der Waals surface area contributed by atoms with E-state index in [1.165, 1.54) is 17.3 Å². The molecule has 0 radical (unpaired) electrons. The summed E-state index contributed by atoms with van der Waals surface area (Å²) in [4.78, 5) is 25.9. The van der Waals surface area contributed by atoms with E-state index >= 15 is 0 Å². The van der Waals surface area contributed by atoms with Gasteiger partial charge in [0.1, 0.15) is 18.7 Å². The van der Waals surface area contributed by atoms with E-state index in [1.54, 1.807) is 0 Å². The van der Waals surface area contributed by atoms with Crippen LogP contribution < -0.4 is 5.32 Å². The van der Waals surface area contributed by atoms with Crippen LogP contribution in [-0.4, -0.2) is 37.8 Å². The van der Waals surface area contributed by atoms with Crippen LogP contribution in [0, 0.1) is 12.3 Å². The zero-order valence-corrected chi connectivity index (χ0v) is 9.04. The smallest absolute Gasteiger partial charge is 0.327 e. The van der Waals surface area contributed by atoms with Crippen molar-refractivity contribution in [2.75, 3.05) is 0 Å². The van der Waals surface area contributed by atoms with Gasteiger partial charge in [-0.2, -0.15) is 5.10 Å². The van der Waals surface area contributed by atoms with Crippen LogP contribution >= 0.6 is 0 Å². The second kappa shape index (κ2) is 6.27. The van der Waals surface area contributed by atoms with Crippen molar-refractivity contribution in [1.82, 2.24) is 20.1 Å². The van der Waals surface area contributed by atoms with E-state index in [0.29, 0.717) is 6.54 Å². The molecule has 7 heteroatoms. The molecule has 1 aromatic rings. The molecule has 1 amide bonds. The number of nitrogens with one attached hydrogen (secondary N) is 1. The maximum absolute atomic E-state index is 11.4. The number of hydrogen-bond acceptors (Lipinski definition) is 4. The lowest BCUT2D eigenvalue weighted by Gasteiger charge is -2.11. The van der Waals surface area contributed by atoms with Crippen molar-refractivity contribution in [3.63, 3.8) is 0 Å². The Morgan fingerprint density at radius 2 is 2.35 bits per heavy atom. The minimum atomic E-state index is -1.14. The summed E-state index contributed by atoms with van der Waals surface area (Å²) in [6.07, 6.45) is 7.93. The SMILES string of the molecule is C#CCC(NC(=O)CCn1cncn1)C(=O)O. The van der Waals surface area contributed by atoms with Gasteiger partial charge in [0.05, 0.1) is 6.54 Å². The molecule has 0 aromatic carbocycles. The van der Waals surface area contributed by atoms with Gasteiger partial charge in [0.25, 0.3) is 0 Å². The van der Waals surface area contributed by atoms with E-state index in [-0.39, 0.29) is 18.7 Å². The monoisotopic (exact) mass is 236 g/mol. The van der Waals surface area contributed by atoms with Crippen molar-refractivity contribution in [3.8, 4) is 12.3 Å². The average Bonchev–Trinajstić information content (AvgIpc) is 2.78. The molecule has 90 valence electrons. The lowest BCUT2D eigenvalue weighted by atomic mass is 10.2. The molecule has 1 atom stereocenters. The molecule has 17 heavy (non-hydrogen) atoms. The minimum Gasteiger partial charge on any atom is -0.480 e. The summed E-state index contributed by atoms with van der Waals surface area (Å²) >= 11 is 0. The van der Waals surface area contributed by atoms with Crippen LogP contribution in [0.25, 0.3) is 0 Å². The Labute approximate surface area is 97.8 Å². The molecule has 0 saturated carbocycles. The topological polar surface area (TPSA) is 97.1 Å². The van der Waals surface area contributed by atoms with Crippen molar-refractivity contribution in [3.05, 3.63) is 12.7 Å². The molecule has 1 unspecified atom stereocenters. The zero-order valence-electron chi connectivity index (χ0n) is 9.04. The van der Waals surface area contributed by atoms with Gasteiger partial charge in [0.2, 0.25) is 5.91 Å². The summed E-state index contributed by atoms with van der Waals surface area (Å²) in [5.74, 6) is 0.673. The quantitative estimate of drug-likeness (QED) is 0.634. The van der Waals surface area contributed by atoms with Crippen molar-refractivity contribution < 1.29 is 14.7 Å². The van der Waals surface area contributed by atoms with Crippen LogP contribution in [0.2, 0.25) is 0 Å². The fraction of sp³-hybridized carbons (Fsp3) is 0.400. The average molecular weight is 236 g/mol. The molecule has 0 aliphatic rings. The number of nitrogens with zero attached hydrogens (tertiary/aromatic N) is 3. The van der Waals surface area contributed by atoms with Crippen LogP contribution in [0.4, 0.5) is 0 Å². The molecule has 0 saturated heterocycles. The lowest BCUT2D eigenvalue weighted by Crippen LogP contribution is -2.40. The number of amides is 1. The molecule has 1 rings (SSSR count). The molecule has 2 N–H and O–H groups in total. The Morgan fingerprint density at radius 1 is 1.59 bits per heavy atom. The normalized spacial score (nSPS) is 11.5. The van der Waals surface area contributed by atoms with E-state index in [2.05, 4.69) is 21.3 Å². The van der Waals surface area contributed by atoms with Crippen LogP contribution in [0.15, 0.2) is 12.7 Å². The first-order valence-corrected chi connectivity index (χ1v) is 4.91. The number of carbonyl (C=O) groups is 2. The number of carboxylic acid groups (broad SMARTS) is 1. The Hall–Kier alpha value is -2.36. The highest BCUT2D eigenvalue weighted by molar-refractivity contribution is 5.83. The van der Waals surface area contributed by atoms with Gasteiger partial charge in [-0.1, -0.05) is 0 Å². The van der Waals surface area contributed by atoms with Crippen LogP contribution in [0.5, 0.6) is 0 Å². The van der Waals surface area contributed by atoms with Gasteiger partial charge < -0.3 is 10.4 Å². The number of aromatic nitrogens is 3. The predicted octanol–water partition coefficient (Wildman–Crippen LogP) is -0.739. The summed E-state index contributed by atoms with van der Waals surface area (Å²) in [6, 6.07) is -1.04. The number of carboxylic acids is 1. The summed E-state index contributed by atoms with van der Waals surface area (Å²) < 4.78 is 1.48. The van der Waals surface area contributed by atoms with Gasteiger partial charge in [0.15, 0.2) is 0 Å². The maximum atomic E-state index is 11.4. The molecule has 0 bridgehead atoms. The third kappa shape index (κ3) is 4.34. The number of carbonyl (C=O) groups excluding carboxylic acids is 1. The minimum absolute atomic E-state index is 0.0373. The predicted molar refractivity (Wildman–Crippen MR) is 57.7 cm³/mol. The molecule has 1 heterocycles. The van der Waals surface area contributed by atoms with Gasteiger partial charge in [-0.15, -0.1) is 12.3 Å². The molecule has 0 aliphatic heterocycles. The van der Waals surface area contributed by atoms with E-state index in [9.17, 15) is 9.59 Å². The van der Waals surface area contributed by atoms with Gasteiger partial charge >= 0.3 is 5.97 Å². The maximum Gasteiger partial charge on any atom is 0.327 e. The Kier molecular flexibility index (Phi) is 4.69. The molecule has 0 aliphatic carbocycles. The number of rotatable bonds is 6. The third-order valence-electron chi connectivity index (χ3n) is 1.99. The summed E-state index contributed by atoms with van der Waals surface area (Å²) in [7, 11) is 0. The van der Waals surface area contributed by atoms with E-state index in [1.807, 2.05) is 0 Å². The Balaban J connectivity index is 2.37. The van der Waals surface area contributed by atoms with Crippen molar-refractivity contribution in [2.45, 2.75) is 25.4 Å². The summed E-state index contributed by atoms with van der Waals surface area (Å²) in [5.41, 5.74) is 0. The van der Waals surface area contributed by atoms with Crippen molar-refractivity contribution >= 4 is 11.9 Å². The number of aliphatic carboxylic acids is 1. The Morgan fingerprint density at radius 3 is 2.88 bits per heavy atom. The van der Waals surface area contributed by atoms with Gasteiger partial charge in [0, 0.05) is 12.8 Å². The first kappa shape index (κ1) is 12.7. The second-order valence-electron chi connectivity index (χ2n) is 3.28. The number of hydrogen-bond donors (Lipinski definition) is 2. The van der Waals surface area contributed by atoms with E-state index in [0.717, 1.165) is 0 Å². The molecular formula is C10H12N4O3. The van der Waals surface area contributed by atoms with Crippen molar-refractivity contribution in [1.29, 1.82) is 0 Å². The molecule has 1 aromatic heterocycles. The zero-order chi connectivity index (χ0) is 12.7.